The van der Waals surface area contributed by atoms with Gasteiger partial charge in [-0.05, 0) is 17.6 Å². The summed E-state index contributed by atoms with van der Waals surface area (Å²) < 4.78 is 16.7. The number of rotatable bonds is 3. The Labute approximate surface area is 133 Å². The molecule has 0 aromatic heterocycles. The second kappa shape index (κ2) is 6.56. The van der Waals surface area contributed by atoms with Gasteiger partial charge < -0.3 is 34.7 Å². The number of carbonyl (C=O) groups excluding carboxylic acids is 1. The number of aliphatic hydroxyl groups is 3. The van der Waals surface area contributed by atoms with Crippen molar-refractivity contribution in [1.29, 1.82) is 0 Å². The second-order valence-electron chi connectivity index (χ2n) is 5.58. The quantitative estimate of drug-likeness (QED) is 0.485. The van der Waals surface area contributed by atoms with E-state index >= 15 is 0 Å². The molecule has 2 heterocycles. The molecule has 1 aromatic rings. The molecule has 2 saturated heterocycles. The van der Waals surface area contributed by atoms with E-state index in [0.717, 1.165) is 0 Å². The Morgan fingerprint density at radius 2 is 2.09 bits per heavy atom. The summed E-state index contributed by atoms with van der Waals surface area (Å²) >= 11 is 0. The molecule has 1 aromatic carbocycles. The predicted molar refractivity (Wildman–Crippen MR) is 79.9 cm³/mol. The van der Waals surface area contributed by atoms with Gasteiger partial charge in [0.1, 0.15) is 24.4 Å². The fourth-order valence-electron chi connectivity index (χ4n) is 2.73. The first-order chi connectivity index (χ1) is 11.0. The second-order valence-corrected chi connectivity index (χ2v) is 5.58. The standard InChI is InChI=1S/C14H18BNO7/c1-7(18)16-9-4-2-3-8(5-9)15-22-13-12(20)11(19)10(6-17)21-14(13)23-15/h2-5,10-14,17,19-20H,6H2,1H3,(H,16,18). The molecule has 0 radical (unpaired) electrons. The Kier molecular flexibility index (Phi) is 4.67. The molecule has 4 N–H and O–H groups in total. The number of ether oxygens (including phenoxy) is 1. The number of nitrogens with one attached hydrogen (secondary N) is 1. The highest BCUT2D eigenvalue weighted by atomic mass is 16.8. The zero-order valence-corrected chi connectivity index (χ0v) is 12.5. The molecule has 9 heteroatoms. The van der Waals surface area contributed by atoms with E-state index in [9.17, 15) is 15.0 Å². The number of aliphatic hydroxyl groups excluding tert-OH is 3. The van der Waals surface area contributed by atoms with Gasteiger partial charge >= 0.3 is 7.12 Å². The summed E-state index contributed by atoms with van der Waals surface area (Å²) in [5.41, 5.74) is 1.23. The van der Waals surface area contributed by atoms with Crippen LogP contribution in [-0.4, -0.2) is 65.7 Å². The van der Waals surface area contributed by atoms with E-state index in [-0.39, 0.29) is 5.91 Å². The summed E-state index contributed by atoms with van der Waals surface area (Å²) in [7, 11) is -0.807. The van der Waals surface area contributed by atoms with Crippen LogP contribution >= 0.6 is 0 Å². The number of carbonyl (C=O) groups is 1. The molecular formula is C14H18BNO7. The first-order valence-electron chi connectivity index (χ1n) is 7.30. The molecule has 3 rings (SSSR count). The number of benzene rings is 1. The van der Waals surface area contributed by atoms with Gasteiger partial charge in [0, 0.05) is 12.6 Å². The Bertz CT molecular complexity index is 586. The van der Waals surface area contributed by atoms with Crippen LogP contribution < -0.4 is 10.8 Å². The van der Waals surface area contributed by atoms with Crippen molar-refractivity contribution >= 4 is 24.2 Å². The Morgan fingerprint density at radius 3 is 2.78 bits per heavy atom. The molecule has 8 nitrogen and oxygen atoms in total. The topological polar surface area (TPSA) is 117 Å². The molecule has 2 aliphatic heterocycles. The van der Waals surface area contributed by atoms with Crippen LogP contribution in [0.1, 0.15) is 6.92 Å². The lowest BCUT2D eigenvalue weighted by atomic mass is 9.79. The minimum atomic E-state index is -1.26. The normalized spacial score (nSPS) is 33.4. The third kappa shape index (κ3) is 3.25. The van der Waals surface area contributed by atoms with Crippen molar-refractivity contribution in [2.45, 2.75) is 37.6 Å². The molecule has 0 aliphatic carbocycles. The van der Waals surface area contributed by atoms with Crippen molar-refractivity contribution in [3.63, 3.8) is 0 Å². The summed E-state index contributed by atoms with van der Waals surface area (Å²) in [6.07, 6.45) is -5.16. The number of anilines is 1. The van der Waals surface area contributed by atoms with Gasteiger partial charge in [-0.25, -0.2) is 0 Å². The van der Waals surface area contributed by atoms with Gasteiger partial charge in [-0.15, -0.1) is 0 Å². The van der Waals surface area contributed by atoms with Crippen LogP contribution in [0, 0.1) is 0 Å². The fourth-order valence-corrected chi connectivity index (χ4v) is 2.73. The Hall–Kier alpha value is -1.49. The minimum Gasteiger partial charge on any atom is -0.396 e. The van der Waals surface area contributed by atoms with Gasteiger partial charge in [-0.1, -0.05) is 12.1 Å². The zero-order valence-electron chi connectivity index (χ0n) is 12.5. The highest BCUT2D eigenvalue weighted by Gasteiger charge is 2.52. The summed E-state index contributed by atoms with van der Waals surface area (Å²) in [5.74, 6) is -0.197. The minimum absolute atomic E-state index is 0.197. The maximum Gasteiger partial charge on any atom is 0.496 e. The van der Waals surface area contributed by atoms with Crippen LogP contribution in [0.3, 0.4) is 0 Å². The lowest BCUT2D eigenvalue weighted by molar-refractivity contribution is -0.249. The molecule has 5 unspecified atom stereocenters. The maximum atomic E-state index is 11.1. The highest BCUT2D eigenvalue weighted by Crippen LogP contribution is 2.30. The van der Waals surface area contributed by atoms with Crippen LogP contribution in [-0.2, 0) is 18.8 Å². The molecule has 0 bridgehead atoms. The van der Waals surface area contributed by atoms with Gasteiger partial charge in [0.25, 0.3) is 0 Å². The fraction of sp³-hybridized carbons (Fsp3) is 0.500. The maximum absolute atomic E-state index is 11.1. The molecule has 0 spiro atoms. The number of hydrogen-bond donors (Lipinski definition) is 4. The number of fused-ring (bicyclic) bond motifs is 1. The molecule has 5 atom stereocenters. The zero-order chi connectivity index (χ0) is 16.6. The van der Waals surface area contributed by atoms with E-state index in [1.165, 1.54) is 6.92 Å². The van der Waals surface area contributed by atoms with Gasteiger partial charge in [0.15, 0.2) is 6.29 Å². The molecule has 1 amide bonds. The molecule has 2 aliphatic rings. The van der Waals surface area contributed by atoms with Gasteiger partial charge in [-0.3, -0.25) is 4.79 Å². The van der Waals surface area contributed by atoms with E-state index in [1.807, 2.05) is 0 Å². The van der Waals surface area contributed by atoms with E-state index in [1.54, 1.807) is 24.3 Å². The highest BCUT2D eigenvalue weighted by molar-refractivity contribution is 6.62. The van der Waals surface area contributed by atoms with Gasteiger partial charge in [0.2, 0.25) is 5.91 Å². The van der Waals surface area contributed by atoms with Gasteiger partial charge in [-0.2, -0.15) is 0 Å². The van der Waals surface area contributed by atoms with Crippen molar-refractivity contribution in [1.82, 2.24) is 0 Å². The van der Waals surface area contributed by atoms with Crippen LogP contribution in [0.4, 0.5) is 5.69 Å². The number of hydrogen-bond acceptors (Lipinski definition) is 7. The summed E-state index contributed by atoms with van der Waals surface area (Å²) in [6, 6.07) is 6.90. The van der Waals surface area contributed by atoms with E-state index in [0.29, 0.717) is 11.2 Å². The molecule has 0 saturated carbocycles. The van der Waals surface area contributed by atoms with Gasteiger partial charge in [0.05, 0.1) is 6.61 Å². The van der Waals surface area contributed by atoms with E-state index in [4.69, 9.17) is 19.2 Å². The van der Waals surface area contributed by atoms with E-state index in [2.05, 4.69) is 5.32 Å². The molecular weight excluding hydrogens is 305 g/mol. The monoisotopic (exact) mass is 323 g/mol. The van der Waals surface area contributed by atoms with Crippen LogP contribution in [0.2, 0.25) is 0 Å². The molecule has 2 fully saturated rings. The number of amides is 1. The van der Waals surface area contributed by atoms with E-state index < -0.39 is 44.4 Å². The molecule has 23 heavy (non-hydrogen) atoms. The Balaban J connectivity index is 1.76. The van der Waals surface area contributed by atoms with Crippen molar-refractivity contribution in [2.75, 3.05) is 11.9 Å². The SMILES string of the molecule is CC(=O)Nc1cccc(B2OC3OC(CO)C(O)C(O)C3O2)c1. The third-order valence-corrected chi connectivity index (χ3v) is 3.84. The van der Waals surface area contributed by atoms with Crippen molar-refractivity contribution in [3.8, 4) is 0 Å². The average molecular weight is 323 g/mol. The van der Waals surface area contributed by atoms with Crippen molar-refractivity contribution in [3.05, 3.63) is 24.3 Å². The van der Waals surface area contributed by atoms with Crippen LogP contribution in [0.5, 0.6) is 0 Å². The van der Waals surface area contributed by atoms with Crippen molar-refractivity contribution < 1.29 is 34.2 Å². The summed E-state index contributed by atoms with van der Waals surface area (Å²) in [6.45, 7) is 0.970. The smallest absolute Gasteiger partial charge is 0.396 e. The van der Waals surface area contributed by atoms with Crippen LogP contribution in [0.15, 0.2) is 24.3 Å². The lowest BCUT2D eigenvalue weighted by Crippen LogP contribution is -2.57. The Morgan fingerprint density at radius 1 is 1.30 bits per heavy atom. The third-order valence-electron chi connectivity index (χ3n) is 3.84. The van der Waals surface area contributed by atoms with Crippen LogP contribution in [0.25, 0.3) is 0 Å². The predicted octanol–water partition coefficient (Wildman–Crippen LogP) is -1.81. The summed E-state index contributed by atoms with van der Waals surface area (Å²) in [4.78, 5) is 11.1. The van der Waals surface area contributed by atoms with Crippen molar-refractivity contribution in [2.24, 2.45) is 0 Å². The molecule has 124 valence electrons. The first-order valence-corrected chi connectivity index (χ1v) is 7.30. The lowest BCUT2D eigenvalue weighted by Gasteiger charge is -2.37. The first kappa shape index (κ1) is 16.4. The summed E-state index contributed by atoms with van der Waals surface area (Å²) in [5, 5.41) is 31.8. The largest absolute Gasteiger partial charge is 0.496 e. The average Bonchev–Trinajstić information content (AvgIpc) is 2.95.